The number of hydrogen-bond donors (Lipinski definition) is 1. The number of carboxylic acids is 1. The highest BCUT2D eigenvalue weighted by atomic mass is 35.6. The van der Waals surface area contributed by atoms with E-state index in [1.165, 1.54) is 0 Å². The molecular weight excluding hydrogens is 267 g/mol. The average molecular weight is 271 g/mol. The number of carbonyl (C=O) groups is 1. The number of hydrogen-bond acceptors (Lipinski definition) is 1. The Hall–Kier alpha value is -0.130. The zero-order chi connectivity index (χ0) is 11.7. The van der Waals surface area contributed by atoms with Gasteiger partial charge in [-0.3, -0.25) is 0 Å². The van der Waals surface area contributed by atoms with Crippen molar-refractivity contribution in [3.05, 3.63) is 11.1 Å². The molecule has 0 saturated carbocycles. The van der Waals surface area contributed by atoms with Crippen LogP contribution >= 0.6 is 34.8 Å². The van der Waals surface area contributed by atoms with Gasteiger partial charge in [-0.15, -0.1) is 0 Å². The van der Waals surface area contributed by atoms with Gasteiger partial charge >= 0.3 is 12.1 Å². The fourth-order valence-corrected chi connectivity index (χ4v) is 1.44. The Labute approximate surface area is 92.2 Å². The zero-order valence-electron chi connectivity index (χ0n) is 6.62. The van der Waals surface area contributed by atoms with Gasteiger partial charge < -0.3 is 5.11 Å². The first-order chi connectivity index (χ1) is 5.98. The summed E-state index contributed by atoms with van der Waals surface area (Å²) >= 11 is 15.0. The normalized spacial score (nSPS) is 15.1. The zero-order valence-corrected chi connectivity index (χ0v) is 8.89. The van der Waals surface area contributed by atoms with Crippen molar-refractivity contribution in [3.63, 3.8) is 0 Å². The fourth-order valence-electron chi connectivity index (χ4n) is 0.693. The summed E-state index contributed by atoms with van der Waals surface area (Å²) in [6.45, 7) is 0.715. The van der Waals surface area contributed by atoms with Crippen LogP contribution in [0.15, 0.2) is 11.1 Å². The van der Waals surface area contributed by atoms with E-state index in [-0.39, 0.29) is 0 Å². The van der Waals surface area contributed by atoms with Crippen LogP contribution in [0.3, 0.4) is 0 Å². The van der Waals surface area contributed by atoms with Crippen molar-refractivity contribution in [1.82, 2.24) is 0 Å². The van der Waals surface area contributed by atoms with Crippen molar-refractivity contribution in [2.45, 2.75) is 16.9 Å². The molecular formula is C6H4Cl3F3O2. The Balaban J connectivity index is 5.57. The summed E-state index contributed by atoms with van der Waals surface area (Å²) in [5.41, 5.74) is -2.74. The lowest BCUT2D eigenvalue weighted by Gasteiger charge is -2.20. The van der Waals surface area contributed by atoms with E-state index in [0.717, 1.165) is 0 Å². The molecule has 0 bridgehead atoms. The first kappa shape index (κ1) is 13.9. The van der Waals surface area contributed by atoms with Gasteiger partial charge in [0.25, 0.3) is 0 Å². The van der Waals surface area contributed by atoms with Gasteiger partial charge in [-0.2, -0.15) is 13.2 Å². The summed E-state index contributed by atoms with van der Waals surface area (Å²) in [5, 5.41) is 8.35. The molecule has 0 saturated heterocycles. The summed E-state index contributed by atoms with van der Waals surface area (Å²) in [4.78, 5) is 10.3. The molecule has 0 aliphatic heterocycles. The molecule has 0 aliphatic rings. The van der Waals surface area contributed by atoms with Crippen LogP contribution in [-0.4, -0.2) is 21.0 Å². The van der Waals surface area contributed by atoms with Crippen molar-refractivity contribution in [1.29, 1.82) is 0 Å². The summed E-state index contributed by atoms with van der Waals surface area (Å²) in [6.07, 6.45) is -4.99. The summed E-state index contributed by atoms with van der Waals surface area (Å²) in [6, 6.07) is 0. The van der Waals surface area contributed by atoms with E-state index in [1.54, 1.807) is 0 Å². The van der Waals surface area contributed by atoms with Gasteiger partial charge in [-0.25, -0.2) is 4.79 Å². The maximum Gasteiger partial charge on any atom is 0.417 e. The predicted octanol–water partition coefficient (Wildman–Crippen LogP) is 3.32. The monoisotopic (exact) mass is 270 g/mol. The third-order valence-corrected chi connectivity index (χ3v) is 1.83. The predicted molar refractivity (Wildman–Crippen MR) is 46.7 cm³/mol. The molecule has 0 heterocycles. The van der Waals surface area contributed by atoms with Crippen molar-refractivity contribution in [2.75, 3.05) is 0 Å². The number of alkyl halides is 6. The lowest BCUT2D eigenvalue weighted by molar-refractivity contribution is -0.134. The van der Waals surface area contributed by atoms with Crippen LogP contribution in [0.25, 0.3) is 0 Å². The molecule has 0 rings (SSSR count). The topological polar surface area (TPSA) is 37.3 Å². The van der Waals surface area contributed by atoms with Crippen LogP contribution in [0.4, 0.5) is 13.2 Å². The summed E-state index contributed by atoms with van der Waals surface area (Å²) in [5.74, 6) is -1.79. The molecule has 0 amide bonds. The van der Waals surface area contributed by atoms with E-state index in [0.29, 0.717) is 6.92 Å². The van der Waals surface area contributed by atoms with Crippen LogP contribution in [0.5, 0.6) is 0 Å². The highest BCUT2D eigenvalue weighted by Gasteiger charge is 2.48. The third-order valence-electron chi connectivity index (χ3n) is 1.26. The van der Waals surface area contributed by atoms with Gasteiger partial charge in [0.05, 0.1) is 5.57 Å². The molecule has 0 fully saturated rings. The first-order valence-corrected chi connectivity index (χ1v) is 4.20. The number of aliphatic carboxylic acids is 1. The molecule has 0 unspecified atom stereocenters. The SMILES string of the molecule is C/C(C(=O)O)=C(\C(F)(F)F)C(Cl)(Cl)Cl. The van der Waals surface area contributed by atoms with Gasteiger partial charge in [0, 0.05) is 5.57 Å². The molecule has 82 valence electrons. The Morgan fingerprint density at radius 3 is 1.64 bits per heavy atom. The lowest BCUT2D eigenvalue weighted by atomic mass is 10.1. The summed E-state index contributed by atoms with van der Waals surface area (Å²) < 4.78 is 34.0. The first-order valence-electron chi connectivity index (χ1n) is 3.06. The number of halogens is 6. The van der Waals surface area contributed by atoms with Crippen LogP contribution in [0.1, 0.15) is 6.92 Å². The second kappa shape index (κ2) is 4.16. The smallest absolute Gasteiger partial charge is 0.417 e. The van der Waals surface area contributed by atoms with E-state index in [2.05, 4.69) is 0 Å². The molecule has 0 aliphatic carbocycles. The maximum absolute atomic E-state index is 12.3. The van der Waals surface area contributed by atoms with Crippen molar-refractivity contribution < 1.29 is 23.1 Å². The highest BCUT2D eigenvalue weighted by molar-refractivity contribution is 6.69. The molecule has 0 aromatic rings. The molecule has 0 aromatic carbocycles. The Morgan fingerprint density at radius 1 is 1.21 bits per heavy atom. The second-order valence-corrected chi connectivity index (χ2v) is 4.58. The van der Waals surface area contributed by atoms with Crippen molar-refractivity contribution >= 4 is 40.8 Å². The average Bonchev–Trinajstić information content (AvgIpc) is 1.79. The molecule has 14 heavy (non-hydrogen) atoms. The Kier molecular flexibility index (Phi) is 4.12. The largest absolute Gasteiger partial charge is 0.478 e. The standard InChI is InChI=1S/C6H4Cl3F3O2/c1-2(4(13)14)3(5(7,8)9)6(10,11)12/h1H3,(H,13,14)/b3-2+. The third kappa shape index (κ3) is 3.55. The van der Waals surface area contributed by atoms with E-state index in [1.807, 2.05) is 0 Å². The van der Waals surface area contributed by atoms with Gasteiger partial charge in [0.1, 0.15) is 0 Å². The minimum atomic E-state index is -4.99. The maximum atomic E-state index is 12.3. The Morgan fingerprint density at radius 2 is 1.57 bits per heavy atom. The Bertz CT molecular complexity index is 261. The van der Waals surface area contributed by atoms with E-state index >= 15 is 0 Å². The molecule has 8 heteroatoms. The summed E-state index contributed by atoms with van der Waals surface area (Å²) in [7, 11) is 0. The highest BCUT2D eigenvalue weighted by Crippen LogP contribution is 2.45. The van der Waals surface area contributed by atoms with Gasteiger partial charge in [-0.1, -0.05) is 34.8 Å². The van der Waals surface area contributed by atoms with Gasteiger partial charge in [-0.05, 0) is 6.92 Å². The lowest BCUT2D eigenvalue weighted by Crippen LogP contribution is -2.27. The molecule has 0 aromatic heterocycles. The van der Waals surface area contributed by atoms with Crippen LogP contribution in [-0.2, 0) is 4.79 Å². The van der Waals surface area contributed by atoms with Crippen molar-refractivity contribution in [3.8, 4) is 0 Å². The molecule has 0 atom stereocenters. The quantitative estimate of drug-likeness (QED) is 0.587. The number of carboxylic acid groups (broad SMARTS) is 1. The number of allylic oxidation sites excluding steroid dienone is 1. The molecule has 0 spiro atoms. The van der Waals surface area contributed by atoms with E-state index in [4.69, 9.17) is 39.9 Å². The van der Waals surface area contributed by atoms with Gasteiger partial charge in [0.2, 0.25) is 3.79 Å². The van der Waals surface area contributed by atoms with Crippen molar-refractivity contribution in [2.24, 2.45) is 0 Å². The minimum absolute atomic E-state index is 0.715. The molecule has 2 nitrogen and oxygen atoms in total. The van der Waals surface area contributed by atoms with Gasteiger partial charge in [0.15, 0.2) is 0 Å². The van der Waals surface area contributed by atoms with E-state index in [9.17, 15) is 18.0 Å². The molecule has 1 N–H and O–H groups in total. The van der Waals surface area contributed by atoms with E-state index < -0.39 is 27.1 Å². The van der Waals surface area contributed by atoms with Crippen LogP contribution < -0.4 is 0 Å². The minimum Gasteiger partial charge on any atom is -0.478 e. The molecule has 0 radical (unpaired) electrons. The van der Waals surface area contributed by atoms with Crippen LogP contribution in [0.2, 0.25) is 0 Å². The second-order valence-electron chi connectivity index (χ2n) is 2.30. The van der Waals surface area contributed by atoms with Crippen LogP contribution in [0, 0.1) is 0 Å². The number of rotatable bonds is 1. The fraction of sp³-hybridized carbons (Fsp3) is 0.500.